The van der Waals surface area contributed by atoms with Crippen LogP contribution >= 0.6 is 11.6 Å². The van der Waals surface area contributed by atoms with Crippen molar-refractivity contribution in [2.24, 2.45) is 0 Å². The summed E-state index contributed by atoms with van der Waals surface area (Å²) in [5.41, 5.74) is 2.74. The van der Waals surface area contributed by atoms with Crippen molar-refractivity contribution in [2.75, 3.05) is 24.5 Å². The number of amides is 1. The molecule has 1 atom stereocenters. The third-order valence-electron chi connectivity index (χ3n) is 4.66. The zero-order valence-corrected chi connectivity index (χ0v) is 15.8. The summed E-state index contributed by atoms with van der Waals surface area (Å²) in [5.74, 6) is 0.457. The van der Waals surface area contributed by atoms with Crippen LogP contribution in [0.25, 0.3) is 0 Å². The van der Waals surface area contributed by atoms with Crippen molar-refractivity contribution in [3.8, 4) is 5.75 Å². The largest absolute Gasteiger partial charge is 0.479 e. The van der Waals surface area contributed by atoms with E-state index in [-0.39, 0.29) is 5.91 Å². The van der Waals surface area contributed by atoms with Gasteiger partial charge in [0, 0.05) is 25.3 Å². The molecule has 4 nitrogen and oxygen atoms in total. The van der Waals surface area contributed by atoms with Gasteiger partial charge in [0.05, 0.1) is 5.02 Å². The van der Waals surface area contributed by atoms with Gasteiger partial charge in [-0.1, -0.05) is 48.9 Å². The molecule has 2 aromatic rings. The third kappa shape index (κ3) is 4.50. The Kier molecular flexibility index (Phi) is 6.40. The molecule has 138 valence electrons. The van der Waals surface area contributed by atoms with Gasteiger partial charge in [-0.2, -0.15) is 0 Å². The monoisotopic (exact) mass is 372 g/mol. The van der Waals surface area contributed by atoms with E-state index in [1.54, 1.807) is 12.1 Å². The standard InChI is InChI=1S/C21H25ClN2O2/c1-2-19(26-20-11-6-4-9-17(20)22)21(25)23-13-7-14-24-15-12-16-8-3-5-10-18(16)24/h3-6,8-11,19H,2,7,12-15H2,1H3,(H,23,25). The van der Waals surface area contributed by atoms with Crippen LogP contribution in [-0.2, 0) is 11.2 Å². The maximum atomic E-state index is 12.4. The first kappa shape index (κ1) is 18.6. The second-order valence-electron chi connectivity index (χ2n) is 6.46. The molecule has 1 N–H and O–H groups in total. The summed E-state index contributed by atoms with van der Waals surface area (Å²) in [6.45, 7) is 4.57. The van der Waals surface area contributed by atoms with Crippen LogP contribution in [0.2, 0.25) is 5.02 Å². The van der Waals surface area contributed by atoms with Gasteiger partial charge in [0.15, 0.2) is 6.10 Å². The number of nitrogens with zero attached hydrogens (tertiary/aromatic N) is 1. The number of para-hydroxylation sites is 2. The molecular formula is C21H25ClN2O2. The molecule has 0 radical (unpaired) electrons. The van der Waals surface area contributed by atoms with Crippen molar-refractivity contribution in [3.05, 3.63) is 59.1 Å². The summed E-state index contributed by atoms with van der Waals surface area (Å²) >= 11 is 6.11. The van der Waals surface area contributed by atoms with Crippen LogP contribution in [0.3, 0.4) is 0 Å². The summed E-state index contributed by atoms with van der Waals surface area (Å²) < 4.78 is 5.78. The fourth-order valence-electron chi connectivity index (χ4n) is 3.25. The maximum Gasteiger partial charge on any atom is 0.261 e. The smallest absolute Gasteiger partial charge is 0.261 e. The molecule has 0 saturated carbocycles. The molecular weight excluding hydrogens is 348 g/mol. The van der Waals surface area contributed by atoms with E-state index in [0.29, 0.717) is 23.7 Å². The lowest BCUT2D eigenvalue weighted by molar-refractivity contribution is -0.128. The number of halogens is 1. The zero-order valence-electron chi connectivity index (χ0n) is 15.1. The van der Waals surface area contributed by atoms with Crippen molar-refractivity contribution in [1.82, 2.24) is 5.32 Å². The van der Waals surface area contributed by atoms with E-state index in [0.717, 1.165) is 25.9 Å². The Labute approximate surface area is 160 Å². The molecule has 5 heteroatoms. The molecule has 3 rings (SSSR count). The van der Waals surface area contributed by atoms with Gasteiger partial charge in [-0.25, -0.2) is 0 Å². The minimum absolute atomic E-state index is 0.0887. The van der Waals surface area contributed by atoms with Crippen LogP contribution in [0.5, 0.6) is 5.75 Å². The number of carbonyl (C=O) groups is 1. The molecule has 0 saturated heterocycles. The van der Waals surface area contributed by atoms with Gasteiger partial charge < -0.3 is 15.0 Å². The Morgan fingerprint density at radius 3 is 2.81 bits per heavy atom. The lowest BCUT2D eigenvalue weighted by Gasteiger charge is -2.20. The topological polar surface area (TPSA) is 41.6 Å². The molecule has 0 aliphatic carbocycles. The van der Waals surface area contributed by atoms with Crippen LogP contribution in [-0.4, -0.2) is 31.6 Å². The number of rotatable bonds is 8. The molecule has 0 aromatic heterocycles. The molecule has 1 amide bonds. The molecule has 0 spiro atoms. The SMILES string of the molecule is CCC(Oc1ccccc1Cl)C(=O)NCCCN1CCc2ccccc21. The van der Waals surface area contributed by atoms with Crippen LogP contribution < -0.4 is 15.0 Å². The molecule has 1 unspecified atom stereocenters. The van der Waals surface area contributed by atoms with Crippen LogP contribution in [0, 0.1) is 0 Å². The Balaban J connectivity index is 1.44. The van der Waals surface area contributed by atoms with E-state index in [4.69, 9.17) is 16.3 Å². The van der Waals surface area contributed by atoms with Crippen LogP contribution in [0.15, 0.2) is 48.5 Å². The van der Waals surface area contributed by atoms with Crippen LogP contribution in [0.4, 0.5) is 5.69 Å². The van der Waals surface area contributed by atoms with Crippen LogP contribution in [0.1, 0.15) is 25.3 Å². The molecule has 1 heterocycles. The Hall–Kier alpha value is -2.20. The number of nitrogens with one attached hydrogen (secondary N) is 1. The van der Waals surface area contributed by atoms with Crippen molar-refractivity contribution >= 4 is 23.2 Å². The quantitative estimate of drug-likeness (QED) is 0.710. The van der Waals surface area contributed by atoms with E-state index in [9.17, 15) is 4.79 Å². The summed E-state index contributed by atoms with van der Waals surface area (Å²) in [5, 5.41) is 3.51. The van der Waals surface area contributed by atoms with Crippen molar-refractivity contribution < 1.29 is 9.53 Å². The minimum Gasteiger partial charge on any atom is -0.479 e. The van der Waals surface area contributed by atoms with Gasteiger partial charge in [-0.05, 0) is 43.0 Å². The van der Waals surface area contributed by atoms with Gasteiger partial charge >= 0.3 is 0 Å². The predicted octanol–water partition coefficient (Wildman–Crippen LogP) is 4.07. The summed E-state index contributed by atoms with van der Waals surface area (Å²) in [4.78, 5) is 14.8. The fourth-order valence-corrected chi connectivity index (χ4v) is 3.43. The van der Waals surface area contributed by atoms with Gasteiger partial charge in [-0.15, -0.1) is 0 Å². The second-order valence-corrected chi connectivity index (χ2v) is 6.86. The van der Waals surface area contributed by atoms with Crippen molar-refractivity contribution in [1.29, 1.82) is 0 Å². The Bertz CT molecular complexity index is 750. The highest BCUT2D eigenvalue weighted by Gasteiger charge is 2.20. The van der Waals surface area contributed by atoms with E-state index in [1.165, 1.54) is 11.3 Å². The highest BCUT2D eigenvalue weighted by atomic mass is 35.5. The van der Waals surface area contributed by atoms with Gasteiger partial charge in [0.25, 0.3) is 5.91 Å². The normalized spacial score (nSPS) is 14.0. The van der Waals surface area contributed by atoms with E-state index >= 15 is 0 Å². The van der Waals surface area contributed by atoms with E-state index < -0.39 is 6.10 Å². The second kappa shape index (κ2) is 8.95. The first-order valence-corrected chi connectivity index (χ1v) is 9.58. The average Bonchev–Trinajstić information content (AvgIpc) is 3.07. The predicted molar refractivity (Wildman–Crippen MR) is 106 cm³/mol. The number of carbonyl (C=O) groups excluding carboxylic acids is 1. The van der Waals surface area contributed by atoms with Gasteiger partial charge in [-0.3, -0.25) is 4.79 Å². The van der Waals surface area contributed by atoms with Gasteiger partial charge in [0.1, 0.15) is 5.75 Å². The third-order valence-corrected chi connectivity index (χ3v) is 4.97. The minimum atomic E-state index is -0.526. The molecule has 1 aliphatic rings. The number of hydrogen-bond donors (Lipinski definition) is 1. The molecule has 2 aromatic carbocycles. The van der Waals surface area contributed by atoms with Crippen molar-refractivity contribution in [2.45, 2.75) is 32.3 Å². The summed E-state index contributed by atoms with van der Waals surface area (Å²) in [6, 6.07) is 15.8. The Morgan fingerprint density at radius 2 is 2.00 bits per heavy atom. The highest BCUT2D eigenvalue weighted by molar-refractivity contribution is 6.32. The fraction of sp³-hybridized carbons (Fsp3) is 0.381. The number of hydrogen-bond acceptors (Lipinski definition) is 3. The molecule has 0 fully saturated rings. The lowest BCUT2D eigenvalue weighted by Crippen LogP contribution is -2.39. The molecule has 1 aliphatic heterocycles. The number of fused-ring (bicyclic) bond motifs is 1. The highest BCUT2D eigenvalue weighted by Crippen LogP contribution is 2.27. The van der Waals surface area contributed by atoms with Gasteiger partial charge in [0.2, 0.25) is 0 Å². The first-order chi connectivity index (χ1) is 12.7. The Morgan fingerprint density at radius 1 is 1.23 bits per heavy atom. The number of benzene rings is 2. The van der Waals surface area contributed by atoms with Crippen molar-refractivity contribution in [3.63, 3.8) is 0 Å². The number of ether oxygens (including phenoxy) is 1. The van der Waals surface area contributed by atoms with E-state index in [1.807, 2.05) is 19.1 Å². The lowest BCUT2D eigenvalue weighted by atomic mass is 10.2. The number of anilines is 1. The maximum absolute atomic E-state index is 12.4. The molecule has 0 bridgehead atoms. The summed E-state index contributed by atoms with van der Waals surface area (Å²) in [7, 11) is 0. The van der Waals surface area contributed by atoms with E-state index in [2.05, 4.69) is 34.5 Å². The molecule has 26 heavy (non-hydrogen) atoms. The zero-order chi connectivity index (χ0) is 18.4. The summed E-state index contributed by atoms with van der Waals surface area (Å²) in [6.07, 6.45) is 2.08. The first-order valence-electron chi connectivity index (χ1n) is 9.20. The average molecular weight is 373 g/mol.